The van der Waals surface area contributed by atoms with Gasteiger partial charge in [-0.25, -0.2) is 4.98 Å². The van der Waals surface area contributed by atoms with Crippen LogP contribution in [0.1, 0.15) is 38.6 Å². The van der Waals surface area contributed by atoms with Gasteiger partial charge in [0.25, 0.3) is 0 Å². The van der Waals surface area contributed by atoms with Crippen molar-refractivity contribution in [3.63, 3.8) is 0 Å². The van der Waals surface area contributed by atoms with Gasteiger partial charge in [0.15, 0.2) is 0 Å². The van der Waals surface area contributed by atoms with Gasteiger partial charge in [-0.05, 0) is 45.4 Å². The number of hydrogen-bond donors (Lipinski definition) is 1. The van der Waals surface area contributed by atoms with Crippen molar-refractivity contribution in [1.29, 1.82) is 0 Å². The van der Waals surface area contributed by atoms with E-state index in [2.05, 4.69) is 41.9 Å². The number of para-hydroxylation sites is 2. The van der Waals surface area contributed by atoms with Gasteiger partial charge in [-0.15, -0.1) is 0 Å². The van der Waals surface area contributed by atoms with Crippen LogP contribution in [0.5, 0.6) is 0 Å². The summed E-state index contributed by atoms with van der Waals surface area (Å²) in [5, 5.41) is 0. The maximum atomic E-state index is 4.73. The molecule has 3 nitrogen and oxygen atoms in total. The van der Waals surface area contributed by atoms with Crippen molar-refractivity contribution in [3.05, 3.63) is 30.1 Å². The molecular formula is C14H19N3. The molecule has 0 aliphatic carbocycles. The van der Waals surface area contributed by atoms with Gasteiger partial charge in [0.1, 0.15) is 5.82 Å². The zero-order chi connectivity index (χ0) is 11.8. The van der Waals surface area contributed by atoms with Crippen LogP contribution in [0.25, 0.3) is 11.0 Å². The zero-order valence-electron chi connectivity index (χ0n) is 10.5. The summed E-state index contributed by atoms with van der Waals surface area (Å²) in [4.78, 5) is 10.7. The molecule has 0 spiro atoms. The van der Waals surface area contributed by atoms with Crippen LogP contribution in [-0.4, -0.2) is 27.5 Å². The molecule has 1 atom stereocenters. The number of hydrogen-bond acceptors (Lipinski definition) is 2. The van der Waals surface area contributed by atoms with Crippen LogP contribution in [-0.2, 0) is 0 Å². The maximum Gasteiger partial charge on any atom is 0.124 e. The normalized spacial score (nSPS) is 21.7. The molecule has 17 heavy (non-hydrogen) atoms. The molecule has 1 aromatic heterocycles. The van der Waals surface area contributed by atoms with Gasteiger partial charge < -0.3 is 4.98 Å². The van der Waals surface area contributed by atoms with Gasteiger partial charge in [-0.3, -0.25) is 4.90 Å². The van der Waals surface area contributed by atoms with E-state index in [1.54, 1.807) is 0 Å². The first kappa shape index (κ1) is 10.8. The molecule has 0 unspecified atom stereocenters. The van der Waals surface area contributed by atoms with E-state index in [0.29, 0.717) is 12.1 Å². The molecule has 1 fully saturated rings. The molecule has 0 bridgehead atoms. The van der Waals surface area contributed by atoms with Crippen molar-refractivity contribution in [3.8, 4) is 0 Å². The number of rotatable bonds is 2. The number of nitrogens with zero attached hydrogens (tertiary/aromatic N) is 2. The topological polar surface area (TPSA) is 31.9 Å². The molecule has 0 amide bonds. The minimum Gasteiger partial charge on any atom is -0.341 e. The van der Waals surface area contributed by atoms with Crippen LogP contribution < -0.4 is 0 Å². The third-order valence-corrected chi connectivity index (χ3v) is 3.68. The molecule has 1 aliphatic rings. The smallest absolute Gasteiger partial charge is 0.124 e. The lowest BCUT2D eigenvalue weighted by molar-refractivity contribution is 0.199. The van der Waals surface area contributed by atoms with Gasteiger partial charge in [0.2, 0.25) is 0 Å². The molecule has 1 aromatic carbocycles. The summed E-state index contributed by atoms with van der Waals surface area (Å²) in [6, 6.07) is 9.34. The first-order valence-electron chi connectivity index (χ1n) is 6.46. The van der Waals surface area contributed by atoms with Gasteiger partial charge in [-0.1, -0.05) is 12.1 Å². The van der Waals surface area contributed by atoms with Crippen LogP contribution in [0.4, 0.5) is 0 Å². The van der Waals surface area contributed by atoms with Crippen molar-refractivity contribution in [1.82, 2.24) is 14.9 Å². The molecule has 2 heterocycles. The summed E-state index contributed by atoms with van der Waals surface area (Å²) in [5.41, 5.74) is 2.23. The highest BCUT2D eigenvalue weighted by atomic mass is 15.2. The average molecular weight is 229 g/mol. The second-order valence-electron chi connectivity index (χ2n) is 5.13. The van der Waals surface area contributed by atoms with E-state index in [9.17, 15) is 0 Å². The Hall–Kier alpha value is -1.35. The molecule has 3 heteroatoms. The van der Waals surface area contributed by atoms with E-state index in [0.717, 1.165) is 16.9 Å². The highest BCUT2D eigenvalue weighted by molar-refractivity contribution is 5.74. The summed E-state index contributed by atoms with van der Waals surface area (Å²) >= 11 is 0. The SMILES string of the molecule is CC(C)N1CCC[C@H]1c1nc2ccccc2[nH]1. The second kappa shape index (κ2) is 4.15. The molecule has 1 saturated heterocycles. The van der Waals surface area contributed by atoms with Crippen molar-refractivity contribution in [2.24, 2.45) is 0 Å². The fourth-order valence-electron chi connectivity index (χ4n) is 2.83. The number of imidazole rings is 1. The number of benzene rings is 1. The van der Waals surface area contributed by atoms with E-state index in [1.807, 2.05) is 6.07 Å². The lowest BCUT2D eigenvalue weighted by atomic mass is 10.2. The van der Waals surface area contributed by atoms with Crippen molar-refractivity contribution in [2.75, 3.05) is 6.54 Å². The number of likely N-dealkylation sites (tertiary alicyclic amines) is 1. The Labute approximate surface area is 102 Å². The Morgan fingerprint density at radius 2 is 2.18 bits per heavy atom. The van der Waals surface area contributed by atoms with Crippen LogP contribution >= 0.6 is 0 Å². The largest absolute Gasteiger partial charge is 0.341 e. The standard InChI is InChI=1S/C14H19N3/c1-10(2)17-9-5-8-13(17)14-15-11-6-3-4-7-12(11)16-14/h3-4,6-7,10,13H,5,8-9H2,1-2H3,(H,15,16)/t13-/m0/s1. The van der Waals surface area contributed by atoms with E-state index in [1.165, 1.54) is 19.4 Å². The highest BCUT2D eigenvalue weighted by Gasteiger charge is 2.29. The van der Waals surface area contributed by atoms with E-state index < -0.39 is 0 Å². The Kier molecular flexibility index (Phi) is 2.63. The highest BCUT2D eigenvalue weighted by Crippen LogP contribution is 2.32. The van der Waals surface area contributed by atoms with E-state index in [4.69, 9.17) is 4.98 Å². The Morgan fingerprint density at radius 3 is 2.94 bits per heavy atom. The van der Waals surface area contributed by atoms with Crippen molar-refractivity contribution >= 4 is 11.0 Å². The minimum absolute atomic E-state index is 0.474. The first-order chi connectivity index (χ1) is 8.25. The molecular weight excluding hydrogens is 210 g/mol. The maximum absolute atomic E-state index is 4.73. The van der Waals surface area contributed by atoms with E-state index in [-0.39, 0.29) is 0 Å². The number of H-pyrrole nitrogens is 1. The summed E-state index contributed by atoms with van der Waals surface area (Å²) < 4.78 is 0. The molecule has 1 N–H and O–H groups in total. The fourth-order valence-corrected chi connectivity index (χ4v) is 2.83. The predicted molar refractivity (Wildman–Crippen MR) is 69.9 cm³/mol. The first-order valence-corrected chi connectivity index (χ1v) is 6.46. The van der Waals surface area contributed by atoms with Crippen molar-refractivity contribution in [2.45, 2.75) is 38.8 Å². The van der Waals surface area contributed by atoms with Crippen LogP contribution in [0.3, 0.4) is 0 Å². The molecule has 0 saturated carbocycles. The van der Waals surface area contributed by atoms with Crippen LogP contribution in [0, 0.1) is 0 Å². The third kappa shape index (κ3) is 1.84. The molecule has 0 radical (unpaired) electrons. The Bertz CT molecular complexity index is 482. The Morgan fingerprint density at radius 1 is 1.35 bits per heavy atom. The summed E-state index contributed by atoms with van der Waals surface area (Å²) in [5.74, 6) is 1.14. The van der Waals surface area contributed by atoms with Crippen molar-refractivity contribution < 1.29 is 0 Å². The fraction of sp³-hybridized carbons (Fsp3) is 0.500. The van der Waals surface area contributed by atoms with Gasteiger partial charge in [0, 0.05) is 6.04 Å². The monoisotopic (exact) mass is 229 g/mol. The van der Waals surface area contributed by atoms with Gasteiger partial charge >= 0.3 is 0 Å². The number of aromatic nitrogens is 2. The summed E-state index contributed by atoms with van der Waals surface area (Å²) in [6.07, 6.45) is 2.50. The molecule has 1 aliphatic heterocycles. The summed E-state index contributed by atoms with van der Waals surface area (Å²) in [6.45, 7) is 5.72. The second-order valence-corrected chi connectivity index (χ2v) is 5.13. The number of nitrogens with one attached hydrogen (secondary N) is 1. The Balaban J connectivity index is 1.97. The average Bonchev–Trinajstić information content (AvgIpc) is 2.95. The van der Waals surface area contributed by atoms with Gasteiger partial charge in [0.05, 0.1) is 17.1 Å². The summed E-state index contributed by atoms with van der Waals surface area (Å²) in [7, 11) is 0. The number of fused-ring (bicyclic) bond motifs is 1. The zero-order valence-corrected chi connectivity index (χ0v) is 10.5. The third-order valence-electron chi connectivity index (χ3n) is 3.68. The van der Waals surface area contributed by atoms with E-state index >= 15 is 0 Å². The minimum atomic E-state index is 0.474. The van der Waals surface area contributed by atoms with Crippen LogP contribution in [0.15, 0.2) is 24.3 Å². The predicted octanol–water partition coefficient (Wildman–Crippen LogP) is 3.11. The quantitative estimate of drug-likeness (QED) is 0.858. The van der Waals surface area contributed by atoms with Crippen LogP contribution in [0.2, 0.25) is 0 Å². The molecule has 90 valence electrons. The van der Waals surface area contributed by atoms with Gasteiger partial charge in [-0.2, -0.15) is 0 Å². The molecule has 3 rings (SSSR count). The lowest BCUT2D eigenvalue weighted by Gasteiger charge is -2.26. The molecule has 2 aromatic rings. The lowest BCUT2D eigenvalue weighted by Crippen LogP contribution is -2.30. The number of aromatic amines is 1.